The van der Waals surface area contributed by atoms with Crippen molar-refractivity contribution in [1.82, 2.24) is 15.3 Å². The molecular weight excluding hydrogens is 508 g/mol. The number of aryl methyl sites for hydroxylation is 1. The molecule has 12 heteroatoms. The van der Waals surface area contributed by atoms with E-state index in [1.165, 1.54) is 26.0 Å². The predicted octanol–water partition coefficient (Wildman–Crippen LogP) is 4.71. The lowest BCUT2D eigenvalue weighted by atomic mass is 9.91. The zero-order valence-electron chi connectivity index (χ0n) is 21.7. The third-order valence-electron chi connectivity index (χ3n) is 6.02. The van der Waals surface area contributed by atoms with Crippen molar-refractivity contribution in [3.63, 3.8) is 0 Å². The number of anilines is 1. The van der Waals surface area contributed by atoms with Crippen LogP contribution < -0.4 is 10.6 Å². The van der Waals surface area contributed by atoms with Gasteiger partial charge in [-0.15, -0.1) is 6.58 Å². The Morgan fingerprint density at radius 2 is 1.95 bits per heavy atom. The number of carbonyl (C=O) groups excluding carboxylic acids is 1. The average Bonchev–Trinajstić information content (AvgIpc) is 3.37. The number of benzene rings is 1. The molecule has 1 saturated heterocycles. The fourth-order valence-electron chi connectivity index (χ4n) is 3.91. The van der Waals surface area contributed by atoms with Crippen molar-refractivity contribution in [2.75, 3.05) is 25.1 Å². The molecule has 0 saturated carbocycles. The van der Waals surface area contributed by atoms with Crippen LogP contribution >= 0.6 is 0 Å². The summed E-state index contributed by atoms with van der Waals surface area (Å²) in [7, 11) is 0. The van der Waals surface area contributed by atoms with Gasteiger partial charge in [0, 0.05) is 12.1 Å². The quantitative estimate of drug-likeness (QED) is 0.215. The van der Waals surface area contributed by atoms with Gasteiger partial charge in [0.1, 0.15) is 23.1 Å². The van der Waals surface area contributed by atoms with Gasteiger partial charge in [0.25, 0.3) is 5.91 Å². The van der Waals surface area contributed by atoms with Crippen molar-refractivity contribution in [2.45, 2.75) is 64.1 Å². The second-order valence-corrected chi connectivity index (χ2v) is 9.43. The van der Waals surface area contributed by atoms with Crippen LogP contribution in [0.4, 0.5) is 23.4 Å². The molecule has 1 aliphatic heterocycles. The number of aliphatic hydroxyl groups is 1. The average molecular weight is 541 g/mol. The van der Waals surface area contributed by atoms with E-state index in [1.54, 1.807) is 6.08 Å². The summed E-state index contributed by atoms with van der Waals surface area (Å²) < 4.78 is 71.5. The number of carbonyl (C=O) groups is 1. The number of hydrogen-bond acceptors (Lipinski definition) is 7. The highest BCUT2D eigenvalue weighted by atomic mass is 19.3. The number of nitrogens with zero attached hydrogens (tertiary/aromatic N) is 2. The topological polar surface area (TPSA) is 106 Å². The monoisotopic (exact) mass is 540 g/mol. The minimum atomic E-state index is -3.89. The zero-order valence-corrected chi connectivity index (χ0v) is 21.7. The molecule has 0 bridgehead atoms. The molecule has 208 valence electrons. The van der Waals surface area contributed by atoms with E-state index < -0.39 is 47.3 Å². The first-order valence-corrected chi connectivity index (χ1v) is 12.1. The van der Waals surface area contributed by atoms with Crippen molar-refractivity contribution in [1.29, 1.82) is 0 Å². The largest absolute Gasteiger partial charge is 0.384 e. The highest BCUT2D eigenvalue weighted by molar-refractivity contribution is 5.82. The first kappa shape index (κ1) is 29.5. The lowest BCUT2D eigenvalue weighted by Crippen LogP contribution is -2.41. The van der Waals surface area contributed by atoms with Crippen molar-refractivity contribution < 1.29 is 36.9 Å². The Morgan fingerprint density at radius 1 is 1.29 bits per heavy atom. The fraction of sp³-hybridized carbons (Fsp3) is 0.500. The fourth-order valence-corrected chi connectivity index (χ4v) is 3.91. The van der Waals surface area contributed by atoms with Gasteiger partial charge < -0.3 is 25.2 Å². The molecule has 8 nitrogen and oxygen atoms in total. The first-order valence-electron chi connectivity index (χ1n) is 12.1. The molecule has 2 aromatic rings. The van der Waals surface area contributed by atoms with Crippen LogP contribution in [-0.4, -0.2) is 46.3 Å². The van der Waals surface area contributed by atoms with Crippen molar-refractivity contribution in [3.8, 4) is 0 Å². The number of amides is 1. The van der Waals surface area contributed by atoms with Gasteiger partial charge >= 0.3 is 5.92 Å². The number of nitrogens with one attached hydrogen (secondary N) is 2. The molecule has 1 amide bonds. The molecule has 0 radical (unpaired) electrons. The normalized spacial score (nSPS) is 16.2. The molecule has 3 rings (SSSR count). The van der Waals surface area contributed by atoms with E-state index in [0.29, 0.717) is 6.42 Å². The first-order chi connectivity index (χ1) is 17.8. The maximum absolute atomic E-state index is 15.4. The summed E-state index contributed by atoms with van der Waals surface area (Å²) in [6.07, 6.45) is -1.31. The number of alkyl halides is 3. The molecule has 0 spiro atoms. The molecule has 1 aromatic heterocycles. The van der Waals surface area contributed by atoms with Gasteiger partial charge in [-0.25, -0.2) is 18.7 Å². The van der Waals surface area contributed by atoms with E-state index in [-0.39, 0.29) is 48.2 Å². The summed E-state index contributed by atoms with van der Waals surface area (Å²) in [6, 6.07) is 2.49. The maximum atomic E-state index is 15.4. The van der Waals surface area contributed by atoms with Gasteiger partial charge in [-0.2, -0.15) is 8.78 Å². The number of hydrogen-bond donors (Lipinski definition) is 3. The van der Waals surface area contributed by atoms with Crippen LogP contribution in [0.15, 0.2) is 30.9 Å². The Balaban J connectivity index is 2.02. The predicted molar refractivity (Wildman–Crippen MR) is 132 cm³/mol. The maximum Gasteiger partial charge on any atom is 0.303 e. The highest BCUT2D eigenvalue weighted by Crippen LogP contribution is 2.42. The highest BCUT2D eigenvalue weighted by Gasteiger charge is 2.49. The van der Waals surface area contributed by atoms with Crippen LogP contribution in [0, 0.1) is 12.7 Å². The number of rotatable bonds is 11. The molecule has 1 fully saturated rings. The molecule has 0 aliphatic carbocycles. The molecule has 1 unspecified atom stereocenters. The van der Waals surface area contributed by atoms with Crippen molar-refractivity contribution in [2.24, 2.45) is 0 Å². The molecule has 3 N–H and O–H groups in total. The molecule has 1 aromatic carbocycles. The molecular formula is C26H32F4N4O4. The summed E-state index contributed by atoms with van der Waals surface area (Å²) in [5.41, 5.74) is -3.93. The van der Waals surface area contributed by atoms with Gasteiger partial charge in [0.2, 0.25) is 6.17 Å². The van der Waals surface area contributed by atoms with Crippen LogP contribution in [0.1, 0.15) is 73.9 Å². The van der Waals surface area contributed by atoms with Gasteiger partial charge in [-0.05, 0) is 40.2 Å². The Labute approximate surface area is 218 Å². The van der Waals surface area contributed by atoms with E-state index in [9.17, 15) is 18.7 Å². The molecule has 2 atom stereocenters. The van der Waals surface area contributed by atoms with Crippen LogP contribution in [0.5, 0.6) is 0 Å². The van der Waals surface area contributed by atoms with E-state index in [1.807, 2.05) is 0 Å². The van der Waals surface area contributed by atoms with Gasteiger partial charge in [-0.1, -0.05) is 18.2 Å². The lowest BCUT2D eigenvalue weighted by Gasteiger charge is -2.30. The smallest absolute Gasteiger partial charge is 0.303 e. The summed E-state index contributed by atoms with van der Waals surface area (Å²) in [5, 5.41) is 15.3. The minimum absolute atomic E-state index is 0.00436. The third kappa shape index (κ3) is 6.13. The Hall–Kier alpha value is -3.09. The number of ether oxygens (including phenoxy) is 2. The summed E-state index contributed by atoms with van der Waals surface area (Å²) in [6.45, 7) is 8.86. The number of halogens is 4. The van der Waals surface area contributed by atoms with E-state index in [2.05, 4.69) is 27.2 Å². The summed E-state index contributed by atoms with van der Waals surface area (Å²) >= 11 is 0. The van der Waals surface area contributed by atoms with Crippen LogP contribution in [0.25, 0.3) is 0 Å². The summed E-state index contributed by atoms with van der Waals surface area (Å²) in [4.78, 5) is 20.9. The third-order valence-corrected chi connectivity index (χ3v) is 6.02. The molecule has 2 heterocycles. The zero-order chi connectivity index (χ0) is 28.3. The van der Waals surface area contributed by atoms with Crippen LogP contribution in [0.2, 0.25) is 0 Å². The Kier molecular flexibility index (Phi) is 9.11. The molecule has 1 aliphatic rings. The second-order valence-electron chi connectivity index (χ2n) is 9.43. The van der Waals surface area contributed by atoms with Gasteiger partial charge in [-0.3, -0.25) is 4.79 Å². The van der Waals surface area contributed by atoms with Gasteiger partial charge in [0.05, 0.1) is 36.1 Å². The van der Waals surface area contributed by atoms with Crippen LogP contribution in [0.3, 0.4) is 0 Å². The van der Waals surface area contributed by atoms with E-state index in [4.69, 9.17) is 9.47 Å². The summed E-state index contributed by atoms with van der Waals surface area (Å²) in [5.74, 6) is -5.95. The number of aromatic nitrogens is 2. The van der Waals surface area contributed by atoms with E-state index >= 15 is 8.78 Å². The van der Waals surface area contributed by atoms with E-state index in [0.717, 1.165) is 19.9 Å². The van der Waals surface area contributed by atoms with Gasteiger partial charge in [0.15, 0.2) is 6.29 Å². The second kappa shape index (κ2) is 11.7. The molecule has 38 heavy (non-hydrogen) atoms. The Morgan fingerprint density at radius 3 is 2.55 bits per heavy atom. The SMILES string of the molecule is C=CCCNC(=O)C(F)c1nc(C)nc(N[C@H](C)c2cccc(C(F)(F)C(C)(C)O)c2F)c1C1OCCO1. The lowest BCUT2D eigenvalue weighted by molar-refractivity contribution is -0.170. The van der Waals surface area contributed by atoms with Crippen molar-refractivity contribution in [3.05, 3.63) is 64.9 Å². The van der Waals surface area contributed by atoms with Crippen LogP contribution in [-0.2, 0) is 20.2 Å². The minimum Gasteiger partial charge on any atom is -0.384 e. The van der Waals surface area contributed by atoms with Crippen molar-refractivity contribution >= 4 is 11.7 Å². The Bertz CT molecular complexity index is 1170. The standard InChI is InChI=1S/C26H32F4N4O4/c1-6-7-11-31-23(35)20(28)21-18(24-37-12-13-38-24)22(34-15(3)33-21)32-14(2)16-9-8-10-17(19(16)27)26(29,30)25(4,5)36/h6,8-10,14,20,24,36H,1,7,11-13H2,2-5H3,(H,31,35)(H,32,33,34)/t14-,20?/m1/s1.